The molecule has 2 aromatic heterocycles. The van der Waals surface area contributed by atoms with Gasteiger partial charge in [-0.1, -0.05) is 6.07 Å². The highest BCUT2D eigenvalue weighted by molar-refractivity contribution is 7.89. The molecule has 27 heavy (non-hydrogen) atoms. The predicted octanol–water partition coefficient (Wildman–Crippen LogP) is 3.36. The zero-order chi connectivity index (χ0) is 19.6. The van der Waals surface area contributed by atoms with Crippen LogP contribution in [0.25, 0.3) is 10.6 Å². The number of aryl methyl sites for hydroxylation is 1. The van der Waals surface area contributed by atoms with Gasteiger partial charge < -0.3 is 5.32 Å². The van der Waals surface area contributed by atoms with E-state index < -0.39 is 10.0 Å². The SMILES string of the molecule is Cc1nc(-c2ccc(CNC(=O)c3cccc(S(=O)(=O)N(C)C)c3)s2)cs1. The van der Waals surface area contributed by atoms with Crippen LogP contribution in [0.4, 0.5) is 0 Å². The zero-order valence-corrected chi connectivity index (χ0v) is 17.5. The number of thiophene rings is 1. The lowest BCUT2D eigenvalue weighted by molar-refractivity contribution is 0.0951. The highest BCUT2D eigenvalue weighted by Crippen LogP contribution is 2.29. The first-order valence-electron chi connectivity index (χ1n) is 8.09. The van der Waals surface area contributed by atoms with Crippen molar-refractivity contribution >= 4 is 38.6 Å². The highest BCUT2D eigenvalue weighted by atomic mass is 32.2. The maximum atomic E-state index is 12.4. The molecular weight excluding hydrogens is 402 g/mol. The standard InChI is InChI=1S/C18H19N3O3S3/c1-12-20-16(11-25-12)17-8-7-14(26-17)10-19-18(22)13-5-4-6-15(9-13)27(23,24)21(2)3/h4-9,11H,10H2,1-3H3,(H,19,22). The third kappa shape index (κ3) is 4.44. The van der Waals surface area contributed by atoms with Crippen molar-refractivity contribution in [3.63, 3.8) is 0 Å². The minimum atomic E-state index is -3.58. The number of sulfonamides is 1. The molecule has 142 valence electrons. The van der Waals surface area contributed by atoms with Crippen LogP contribution < -0.4 is 5.32 Å². The van der Waals surface area contributed by atoms with Crippen LogP contribution in [0.2, 0.25) is 0 Å². The smallest absolute Gasteiger partial charge is 0.251 e. The number of nitrogens with zero attached hydrogens (tertiary/aromatic N) is 2. The summed E-state index contributed by atoms with van der Waals surface area (Å²) < 4.78 is 25.6. The molecule has 0 saturated heterocycles. The monoisotopic (exact) mass is 421 g/mol. The van der Waals surface area contributed by atoms with Gasteiger partial charge in [0.25, 0.3) is 5.91 Å². The quantitative estimate of drug-likeness (QED) is 0.662. The zero-order valence-electron chi connectivity index (χ0n) is 15.1. The lowest BCUT2D eigenvalue weighted by Gasteiger charge is -2.12. The molecule has 0 atom stereocenters. The van der Waals surface area contributed by atoms with Crippen molar-refractivity contribution in [2.75, 3.05) is 14.1 Å². The second-order valence-corrected chi connectivity index (χ2v) is 10.4. The van der Waals surface area contributed by atoms with Crippen molar-refractivity contribution in [2.24, 2.45) is 0 Å². The average molecular weight is 422 g/mol. The van der Waals surface area contributed by atoms with E-state index in [0.717, 1.165) is 24.8 Å². The van der Waals surface area contributed by atoms with Gasteiger partial charge in [-0.25, -0.2) is 17.7 Å². The van der Waals surface area contributed by atoms with E-state index in [2.05, 4.69) is 10.3 Å². The number of carbonyl (C=O) groups excluding carboxylic acids is 1. The van der Waals surface area contributed by atoms with Gasteiger partial charge in [0, 0.05) is 29.9 Å². The maximum Gasteiger partial charge on any atom is 0.251 e. The first kappa shape index (κ1) is 19.7. The van der Waals surface area contributed by atoms with Crippen molar-refractivity contribution in [2.45, 2.75) is 18.4 Å². The lowest BCUT2D eigenvalue weighted by Crippen LogP contribution is -2.24. The summed E-state index contributed by atoms with van der Waals surface area (Å²) in [5.41, 5.74) is 1.26. The topological polar surface area (TPSA) is 79.4 Å². The first-order chi connectivity index (χ1) is 12.8. The van der Waals surface area contributed by atoms with Crippen LogP contribution in [0.1, 0.15) is 20.2 Å². The van der Waals surface area contributed by atoms with Crippen molar-refractivity contribution in [3.05, 3.63) is 57.2 Å². The van der Waals surface area contributed by atoms with Crippen LogP contribution in [0.5, 0.6) is 0 Å². The molecule has 6 nitrogen and oxygen atoms in total. The third-order valence-corrected chi connectivity index (χ3v) is 7.52. The van der Waals surface area contributed by atoms with E-state index in [1.807, 2.05) is 24.4 Å². The number of nitrogens with one attached hydrogen (secondary N) is 1. The number of aromatic nitrogens is 1. The number of hydrogen-bond acceptors (Lipinski definition) is 6. The molecule has 3 aromatic rings. The molecule has 1 N–H and O–H groups in total. The summed E-state index contributed by atoms with van der Waals surface area (Å²) in [4.78, 5) is 19.0. The van der Waals surface area contributed by atoms with E-state index in [1.165, 1.54) is 26.2 Å². The van der Waals surface area contributed by atoms with Gasteiger partial charge in [0.05, 0.1) is 27.0 Å². The molecule has 0 spiro atoms. The van der Waals surface area contributed by atoms with Crippen LogP contribution >= 0.6 is 22.7 Å². The van der Waals surface area contributed by atoms with Gasteiger partial charge in [0.2, 0.25) is 10.0 Å². The number of carbonyl (C=O) groups is 1. The van der Waals surface area contributed by atoms with E-state index in [0.29, 0.717) is 12.1 Å². The third-order valence-electron chi connectivity index (χ3n) is 3.83. The Bertz CT molecular complexity index is 1070. The van der Waals surface area contributed by atoms with Gasteiger partial charge in [0.15, 0.2) is 0 Å². The summed E-state index contributed by atoms with van der Waals surface area (Å²) >= 11 is 3.18. The molecule has 9 heteroatoms. The lowest BCUT2D eigenvalue weighted by atomic mass is 10.2. The summed E-state index contributed by atoms with van der Waals surface area (Å²) in [6.07, 6.45) is 0. The molecule has 3 rings (SSSR count). The molecule has 0 fully saturated rings. The summed E-state index contributed by atoms with van der Waals surface area (Å²) in [7, 11) is -0.659. The van der Waals surface area contributed by atoms with Gasteiger partial charge in [-0.15, -0.1) is 22.7 Å². The Morgan fingerprint density at radius 3 is 2.67 bits per heavy atom. The molecular formula is C18H19N3O3S3. The fourth-order valence-electron chi connectivity index (χ4n) is 2.37. The predicted molar refractivity (Wildman–Crippen MR) is 109 cm³/mol. The molecule has 0 radical (unpaired) electrons. The van der Waals surface area contributed by atoms with Crippen molar-refractivity contribution in [1.29, 1.82) is 0 Å². The fourth-order valence-corrected chi connectivity index (χ4v) is 4.91. The molecule has 0 unspecified atom stereocenters. The van der Waals surface area contributed by atoms with E-state index >= 15 is 0 Å². The number of benzene rings is 1. The van der Waals surface area contributed by atoms with Gasteiger partial charge in [-0.05, 0) is 37.3 Å². The Kier molecular flexibility index (Phi) is 5.75. The van der Waals surface area contributed by atoms with Gasteiger partial charge in [-0.3, -0.25) is 4.79 Å². The molecule has 0 aliphatic carbocycles. The Morgan fingerprint density at radius 1 is 1.22 bits per heavy atom. The van der Waals surface area contributed by atoms with Crippen LogP contribution in [-0.2, 0) is 16.6 Å². The summed E-state index contributed by atoms with van der Waals surface area (Å²) in [5.74, 6) is -0.315. The second-order valence-electron chi connectivity index (χ2n) is 6.02. The second kappa shape index (κ2) is 7.89. The minimum absolute atomic E-state index is 0.0949. The van der Waals surface area contributed by atoms with E-state index in [4.69, 9.17) is 0 Å². The molecule has 1 amide bonds. The number of thiazole rings is 1. The van der Waals surface area contributed by atoms with E-state index in [1.54, 1.807) is 34.8 Å². The summed E-state index contributed by atoms with van der Waals surface area (Å²) in [6.45, 7) is 2.34. The minimum Gasteiger partial charge on any atom is -0.347 e. The van der Waals surface area contributed by atoms with Gasteiger partial charge in [-0.2, -0.15) is 0 Å². The van der Waals surface area contributed by atoms with Gasteiger partial charge >= 0.3 is 0 Å². The van der Waals surface area contributed by atoms with Crippen molar-refractivity contribution in [1.82, 2.24) is 14.6 Å². The molecule has 0 aliphatic rings. The van der Waals surface area contributed by atoms with Crippen LogP contribution in [-0.4, -0.2) is 37.7 Å². The van der Waals surface area contributed by atoms with Crippen molar-refractivity contribution in [3.8, 4) is 10.6 Å². The molecule has 2 heterocycles. The normalized spacial score (nSPS) is 11.7. The highest BCUT2D eigenvalue weighted by Gasteiger charge is 2.18. The molecule has 0 bridgehead atoms. The van der Waals surface area contributed by atoms with E-state index in [-0.39, 0.29) is 10.8 Å². The first-order valence-corrected chi connectivity index (χ1v) is 11.2. The summed E-state index contributed by atoms with van der Waals surface area (Å²) in [6, 6.07) is 9.99. The number of hydrogen-bond donors (Lipinski definition) is 1. The number of amides is 1. The van der Waals surface area contributed by atoms with Crippen LogP contribution in [0.3, 0.4) is 0 Å². The molecule has 1 aromatic carbocycles. The molecule has 0 aliphatic heterocycles. The van der Waals surface area contributed by atoms with Crippen LogP contribution in [0, 0.1) is 6.92 Å². The maximum absolute atomic E-state index is 12.4. The summed E-state index contributed by atoms with van der Waals surface area (Å²) in [5, 5.41) is 5.87. The Balaban J connectivity index is 1.69. The van der Waals surface area contributed by atoms with Crippen molar-refractivity contribution < 1.29 is 13.2 Å². The largest absolute Gasteiger partial charge is 0.347 e. The van der Waals surface area contributed by atoms with Crippen LogP contribution in [0.15, 0.2) is 46.7 Å². The van der Waals surface area contributed by atoms with Gasteiger partial charge in [0.1, 0.15) is 0 Å². The Morgan fingerprint density at radius 2 is 2.00 bits per heavy atom. The average Bonchev–Trinajstić information content (AvgIpc) is 3.28. The van der Waals surface area contributed by atoms with E-state index in [9.17, 15) is 13.2 Å². The fraction of sp³-hybridized carbons (Fsp3) is 0.222. The number of rotatable bonds is 6. The molecule has 0 saturated carbocycles. The Hall–Kier alpha value is -2.07. The Labute approximate surface area is 166 Å².